The van der Waals surface area contributed by atoms with Crippen molar-refractivity contribution in [2.24, 2.45) is 0 Å². The fourth-order valence-electron chi connectivity index (χ4n) is 2.08. The molecule has 0 aromatic heterocycles. The van der Waals surface area contributed by atoms with E-state index in [-0.39, 0.29) is 6.42 Å². The van der Waals surface area contributed by atoms with Crippen LogP contribution in [0.5, 0.6) is 0 Å². The molecule has 1 aromatic carbocycles. The molecule has 1 aliphatic heterocycles. The number of carbonyl (C=O) groups excluding carboxylic acids is 1. The quantitative estimate of drug-likeness (QED) is 0.860. The summed E-state index contributed by atoms with van der Waals surface area (Å²) in [4.78, 5) is 10.3. The molecular weight excluding hydrogens is 287 g/mol. The normalized spacial score (nSPS) is 18.8. The van der Waals surface area contributed by atoms with Gasteiger partial charge in [-0.3, -0.25) is 4.79 Å². The first-order chi connectivity index (χ1) is 9.41. The fourth-order valence-corrected chi connectivity index (χ4v) is 3.08. The van der Waals surface area contributed by atoms with E-state index < -0.39 is 11.4 Å². The molecule has 1 N–H and O–H groups in total. The van der Waals surface area contributed by atoms with Crippen molar-refractivity contribution in [2.45, 2.75) is 31.3 Å². The molecule has 2 nitrogen and oxygen atoms in total. The molecule has 1 unspecified atom stereocenters. The number of nitrogens with one attached hydrogen (secondary N) is 1. The van der Waals surface area contributed by atoms with Gasteiger partial charge in [-0.2, -0.15) is 13.2 Å². The van der Waals surface area contributed by atoms with Crippen LogP contribution in [0.15, 0.2) is 23.6 Å². The summed E-state index contributed by atoms with van der Waals surface area (Å²) in [5, 5.41) is 2.83. The highest BCUT2D eigenvalue weighted by Gasteiger charge is 2.42. The summed E-state index contributed by atoms with van der Waals surface area (Å²) in [5.41, 5.74) is 3.45. The largest absolute Gasteiger partial charge is 0.401 e. The average Bonchev–Trinajstić information content (AvgIpc) is 2.86. The Balaban J connectivity index is 2.11. The minimum Gasteiger partial charge on any atom is -0.355 e. The Morgan fingerprint density at radius 3 is 2.75 bits per heavy atom. The van der Waals surface area contributed by atoms with Crippen LogP contribution in [0.4, 0.5) is 13.2 Å². The Kier molecular flexibility index (Phi) is 4.42. The fraction of sp³-hybridized carbons (Fsp3) is 0.357. The molecule has 1 aromatic rings. The zero-order chi connectivity index (χ0) is 14.8. The van der Waals surface area contributed by atoms with Crippen LogP contribution in [0.1, 0.15) is 23.1 Å². The van der Waals surface area contributed by atoms with Crippen LogP contribution >= 0.6 is 11.8 Å². The third-order valence-electron chi connectivity index (χ3n) is 3.23. The summed E-state index contributed by atoms with van der Waals surface area (Å²) in [7, 11) is 0. The van der Waals surface area contributed by atoms with Crippen molar-refractivity contribution in [3.63, 3.8) is 0 Å². The number of amides is 1. The lowest BCUT2D eigenvalue weighted by atomic mass is 9.98. The molecule has 0 spiro atoms. The number of hydrogen-bond acceptors (Lipinski definition) is 2. The molecule has 1 heterocycles. The molecule has 1 atom stereocenters. The maximum atomic E-state index is 12.6. The van der Waals surface area contributed by atoms with Crippen LogP contribution in [0.25, 0.3) is 5.57 Å². The molecule has 0 radical (unpaired) electrons. The van der Waals surface area contributed by atoms with Crippen molar-refractivity contribution >= 4 is 23.7 Å². The zero-order valence-corrected chi connectivity index (χ0v) is 11.6. The van der Waals surface area contributed by atoms with E-state index in [4.69, 9.17) is 0 Å². The number of thioether (sulfide) groups is 1. The number of alkyl halides is 3. The lowest BCUT2D eigenvalue weighted by Gasteiger charge is -2.14. The Hall–Kier alpha value is -1.43. The number of allylic oxidation sites excluding steroid dienone is 1. The van der Waals surface area contributed by atoms with Gasteiger partial charge in [0.25, 0.3) is 0 Å². The predicted molar refractivity (Wildman–Crippen MR) is 74.1 cm³/mol. The minimum absolute atomic E-state index is 0.0134. The molecule has 1 aliphatic rings. The van der Waals surface area contributed by atoms with E-state index in [1.807, 2.05) is 19.1 Å². The zero-order valence-electron chi connectivity index (χ0n) is 10.8. The van der Waals surface area contributed by atoms with E-state index in [2.05, 4.69) is 5.32 Å². The summed E-state index contributed by atoms with van der Waals surface area (Å²) < 4.78 is 37.9. The van der Waals surface area contributed by atoms with Gasteiger partial charge in [0.2, 0.25) is 6.41 Å². The van der Waals surface area contributed by atoms with Gasteiger partial charge in [0, 0.05) is 6.54 Å². The monoisotopic (exact) mass is 301 g/mol. The van der Waals surface area contributed by atoms with Crippen LogP contribution in [0, 0.1) is 6.92 Å². The van der Waals surface area contributed by atoms with Crippen molar-refractivity contribution in [1.29, 1.82) is 0 Å². The van der Waals surface area contributed by atoms with Gasteiger partial charge in [0.05, 0.1) is 0 Å². The minimum atomic E-state index is -4.16. The van der Waals surface area contributed by atoms with E-state index in [1.54, 1.807) is 11.5 Å². The highest BCUT2D eigenvalue weighted by molar-refractivity contribution is 8.03. The first-order valence-corrected chi connectivity index (χ1v) is 7.04. The Bertz CT molecular complexity index is 540. The van der Waals surface area contributed by atoms with Crippen molar-refractivity contribution in [3.05, 3.63) is 40.3 Å². The second-order valence-electron chi connectivity index (χ2n) is 4.65. The third kappa shape index (κ3) is 3.36. The standard InChI is InChI=1S/C14H14F3NOS/c1-9-4-10(2-3-11(9)6-18-8-19)12-5-13(20-7-12)14(15,16)17/h2-4,7-8,13H,5-6H2,1H3,(H,18,19). The number of halogens is 3. The molecule has 0 aliphatic carbocycles. The Labute approximate surface area is 119 Å². The lowest BCUT2D eigenvalue weighted by molar-refractivity contribution is -0.127. The topological polar surface area (TPSA) is 29.1 Å². The SMILES string of the molecule is Cc1cc(C2=CSC(C(F)(F)F)C2)ccc1CNC=O. The maximum Gasteiger partial charge on any atom is 0.401 e. The van der Waals surface area contributed by atoms with Crippen molar-refractivity contribution in [2.75, 3.05) is 0 Å². The van der Waals surface area contributed by atoms with E-state index in [0.717, 1.165) is 34.0 Å². The molecule has 0 fully saturated rings. The van der Waals surface area contributed by atoms with Gasteiger partial charge in [0.1, 0.15) is 5.25 Å². The van der Waals surface area contributed by atoms with Crippen LogP contribution in [-0.4, -0.2) is 17.8 Å². The summed E-state index contributed by atoms with van der Waals surface area (Å²) in [6.07, 6.45) is -3.53. The van der Waals surface area contributed by atoms with Crippen molar-refractivity contribution < 1.29 is 18.0 Å². The molecule has 6 heteroatoms. The van der Waals surface area contributed by atoms with Crippen LogP contribution < -0.4 is 5.32 Å². The highest BCUT2D eigenvalue weighted by atomic mass is 32.2. The van der Waals surface area contributed by atoms with Gasteiger partial charge >= 0.3 is 6.18 Å². The number of carbonyl (C=O) groups is 1. The molecule has 0 saturated heterocycles. The molecule has 1 amide bonds. The summed E-state index contributed by atoms with van der Waals surface area (Å²) in [6, 6.07) is 5.51. The van der Waals surface area contributed by atoms with Crippen molar-refractivity contribution in [3.8, 4) is 0 Å². The van der Waals surface area contributed by atoms with Gasteiger partial charge < -0.3 is 5.32 Å². The average molecular weight is 301 g/mol. The van der Waals surface area contributed by atoms with Crippen molar-refractivity contribution in [1.82, 2.24) is 5.32 Å². The summed E-state index contributed by atoms with van der Waals surface area (Å²) in [6.45, 7) is 2.31. The number of benzene rings is 1. The van der Waals surface area contributed by atoms with E-state index in [1.165, 1.54) is 0 Å². The van der Waals surface area contributed by atoms with Crippen LogP contribution in [0.2, 0.25) is 0 Å². The molecule has 0 bridgehead atoms. The van der Waals surface area contributed by atoms with Gasteiger partial charge in [-0.1, -0.05) is 18.2 Å². The first kappa shape index (κ1) is 15.0. The third-order valence-corrected chi connectivity index (χ3v) is 4.42. The summed E-state index contributed by atoms with van der Waals surface area (Å²) >= 11 is 0.830. The number of hydrogen-bond donors (Lipinski definition) is 1. The van der Waals surface area contributed by atoms with Crippen LogP contribution in [0.3, 0.4) is 0 Å². The second-order valence-corrected chi connectivity index (χ2v) is 5.73. The van der Waals surface area contributed by atoms with E-state index in [9.17, 15) is 18.0 Å². The van der Waals surface area contributed by atoms with Gasteiger partial charge in [0.15, 0.2) is 0 Å². The van der Waals surface area contributed by atoms with Gasteiger partial charge in [-0.15, -0.1) is 11.8 Å². The summed E-state index contributed by atoms with van der Waals surface area (Å²) in [5.74, 6) is 0. The van der Waals surface area contributed by atoms with E-state index >= 15 is 0 Å². The molecule has 2 rings (SSSR count). The lowest BCUT2D eigenvalue weighted by Crippen LogP contribution is -2.23. The molecule has 0 saturated carbocycles. The molecular formula is C14H14F3NOS. The second kappa shape index (κ2) is 5.91. The smallest absolute Gasteiger partial charge is 0.355 e. The van der Waals surface area contributed by atoms with E-state index in [0.29, 0.717) is 13.0 Å². The first-order valence-electron chi connectivity index (χ1n) is 6.10. The maximum absolute atomic E-state index is 12.6. The highest BCUT2D eigenvalue weighted by Crippen LogP contribution is 2.44. The number of aryl methyl sites for hydroxylation is 1. The van der Waals surface area contributed by atoms with Crippen LogP contribution in [-0.2, 0) is 11.3 Å². The van der Waals surface area contributed by atoms with Gasteiger partial charge in [-0.05, 0) is 41.0 Å². The van der Waals surface area contributed by atoms with Gasteiger partial charge in [-0.25, -0.2) is 0 Å². The Morgan fingerprint density at radius 1 is 1.45 bits per heavy atom. The molecule has 20 heavy (non-hydrogen) atoms. The predicted octanol–water partition coefficient (Wildman–Crippen LogP) is 3.65. The number of rotatable bonds is 4. The Morgan fingerprint density at radius 2 is 2.20 bits per heavy atom. The molecule has 108 valence electrons.